The molecular formula is C66H135O28P+2. The quantitative estimate of drug-likeness (QED) is 0.00485. The van der Waals surface area contributed by atoms with E-state index in [0.29, 0.717) is 130 Å². The maximum Gasteiger partial charge on any atom is 1.00 e. The van der Waals surface area contributed by atoms with Gasteiger partial charge in [0.1, 0.15) is 25.3 Å². The zero-order valence-corrected chi connectivity index (χ0v) is 62.6. The largest absolute Gasteiger partial charge is 1.00 e. The van der Waals surface area contributed by atoms with Crippen LogP contribution in [-0.2, 0) is 104 Å². The highest BCUT2D eigenvalue weighted by Gasteiger charge is 2.40. The van der Waals surface area contributed by atoms with E-state index in [1.807, 2.05) is 82.2 Å². The first kappa shape index (κ1) is 103. The molecule has 3 rings (SSSR count). The smallest absolute Gasteiger partial charge is 0.466 e. The van der Waals surface area contributed by atoms with E-state index in [0.717, 1.165) is 25.5 Å². The van der Waals surface area contributed by atoms with Gasteiger partial charge in [-0.05, 0) is 123 Å². The number of aliphatic hydroxyl groups is 5. The Morgan fingerprint density at radius 3 is 1.20 bits per heavy atom. The second-order valence-electron chi connectivity index (χ2n) is 20.8. The molecule has 0 aromatic heterocycles. The standard InChI is InChI=1S/C10H20O3.2C9H18O4.C9H18O3.2C7H14O3.C6H12O3.C5H10O3P.C4H10O2/c1-4-8-9(13-8)7-10(11-5-2)12-6-3;1-3-11-9(12-4-2)5-7-8(6-10)13-7;1-4-11-8(10)7-9(12-5-2)13-6-3;1-3-11-9(12-4-2)7-5-6-8-10;1-3-6-5(8)4-7(9-2)10-6;1-3-9-7(5-6-8)10-4-2;1-2-5(8)6(9)3-4-7;1-3-8-5(6)4-9(2)7;1-4(2,3)6-5/h8-10H,4-7H2,1-3H3;7-10H,3-6H2,1-2H3;9H,4-7H2,1-3H3;5-6,9-10H,3-4,7-8H2,1-2H3;5-8H,3-4H2,1-2H3;6-7H,3-5H2,1-2H3;4-6,8-9H,2-3H2,1H3;3-4H2,1-2H3;5H,1-3H3/q;;;;;;;+1;/p+1/b;;;6-5+;;;;;/t8?,9-;7-,8?;;;5-,6-,7-;;5-,6+;;/m00..0.0../s1. The molecule has 28 nitrogen and oxygen atoms in total. The molecule has 29 heteroatoms. The van der Waals surface area contributed by atoms with E-state index in [2.05, 4.69) is 16.5 Å². The fourth-order valence-electron chi connectivity index (χ4n) is 7.28. The normalized spacial score (nSPS) is 18.9. The van der Waals surface area contributed by atoms with Gasteiger partial charge >= 0.3 is 21.2 Å². The van der Waals surface area contributed by atoms with Gasteiger partial charge < -0.3 is 111 Å². The zero-order chi connectivity index (χ0) is 73.8. The molecule has 0 amide bonds. The molecule has 0 saturated carbocycles. The van der Waals surface area contributed by atoms with Crippen molar-refractivity contribution in [3.8, 4) is 0 Å². The Morgan fingerprint density at radius 1 is 0.526 bits per heavy atom. The van der Waals surface area contributed by atoms with Gasteiger partial charge in [-0.1, -0.05) is 37.5 Å². The van der Waals surface area contributed by atoms with Crippen molar-refractivity contribution in [2.45, 2.75) is 281 Å². The van der Waals surface area contributed by atoms with Crippen molar-refractivity contribution in [1.29, 1.82) is 0 Å². The van der Waals surface area contributed by atoms with Gasteiger partial charge in [0, 0.05) is 105 Å². The Hall–Kier alpha value is -2.72. The number of carbonyl (C=O) groups excluding carboxylic acids is 4. The van der Waals surface area contributed by atoms with Gasteiger partial charge in [0.15, 0.2) is 37.7 Å². The molecule has 0 bridgehead atoms. The van der Waals surface area contributed by atoms with Crippen LogP contribution < -0.4 is 0 Å². The van der Waals surface area contributed by atoms with E-state index in [4.69, 9.17) is 96.7 Å². The second kappa shape index (κ2) is 74.0. The van der Waals surface area contributed by atoms with Crippen LogP contribution in [0.1, 0.15) is 190 Å². The molecule has 0 aromatic rings. The molecule has 3 saturated heterocycles. The second-order valence-corrected chi connectivity index (χ2v) is 22.4. The summed E-state index contributed by atoms with van der Waals surface area (Å²) in [5, 5.41) is 52.1. The van der Waals surface area contributed by atoms with Gasteiger partial charge in [-0.3, -0.25) is 10.1 Å². The first-order valence-electron chi connectivity index (χ1n) is 33.7. The molecule has 3 fully saturated rings. The minimum Gasteiger partial charge on any atom is -0.466 e. The Kier molecular flexibility index (Phi) is 80.4. The summed E-state index contributed by atoms with van der Waals surface area (Å²) >= 11 is 0. The predicted octanol–water partition coefficient (Wildman–Crippen LogP) is 8.75. The molecule has 3 heterocycles. The summed E-state index contributed by atoms with van der Waals surface area (Å²) in [6.07, 6.45) is 8.33. The Labute approximate surface area is 572 Å². The van der Waals surface area contributed by atoms with Gasteiger partial charge in [-0.2, -0.15) is 0 Å². The molecule has 0 radical (unpaired) electrons. The molecule has 570 valence electrons. The van der Waals surface area contributed by atoms with Crippen molar-refractivity contribution >= 4 is 32.3 Å². The van der Waals surface area contributed by atoms with Crippen molar-refractivity contribution in [2.24, 2.45) is 0 Å². The van der Waals surface area contributed by atoms with Crippen LogP contribution in [-0.4, -0.2) is 260 Å². The Balaban J connectivity index is -0.000000187. The highest BCUT2D eigenvalue weighted by Crippen LogP contribution is 2.30. The van der Waals surface area contributed by atoms with Gasteiger partial charge in [-0.25, -0.2) is 9.68 Å². The summed E-state index contributed by atoms with van der Waals surface area (Å²) in [6.45, 7) is 42.5. The highest BCUT2D eigenvalue weighted by atomic mass is 31.1. The maximum atomic E-state index is 11.0. The van der Waals surface area contributed by atoms with Crippen LogP contribution >= 0.6 is 7.80 Å². The number of methoxy groups -OCH3 is 1. The average Bonchev–Trinajstić information content (AvgIpc) is 1.73. The summed E-state index contributed by atoms with van der Waals surface area (Å²) in [6, 6.07) is 0. The molecular weight excluding hydrogens is 1270 g/mol. The third kappa shape index (κ3) is 70.9. The van der Waals surface area contributed by atoms with Crippen LogP contribution in [0, 0.1) is 0 Å². The van der Waals surface area contributed by atoms with E-state index >= 15 is 0 Å². The molecule has 0 aromatic carbocycles. The number of ether oxygens (including phenoxy) is 16. The van der Waals surface area contributed by atoms with E-state index in [9.17, 15) is 28.8 Å². The van der Waals surface area contributed by atoms with Crippen LogP contribution in [0.25, 0.3) is 0 Å². The molecule has 3 aliphatic heterocycles. The van der Waals surface area contributed by atoms with Crippen LogP contribution in [0.4, 0.5) is 0 Å². The van der Waals surface area contributed by atoms with Crippen LogP contribution in [0.15, 0.2) is 12.2 Å². The monoisotopic (exact) mass is 1410 g/mol. The van der Waals surface area contributed by atoms with Crippen LogP contribution in [0.2, 0.25) is 0 Å². The number of rotatable bonds is 43. The number of hydrogen-bond acceptors (Lipinski definition) is 28. The molecule has 3 unspecified atom stereocenters. The Bertz CT molecular complexity index is 1650. The maximum absolute atomic E-state index is 11.0. The number of esters is 2. The molecule has 95 heavy (non-hydrogen) atoms. The van der Waals surface area contributed by atoms with Gasteiger partial charge in [0.2, 0.25) is 6.16 Å². The summed E-state index contributed by atoms with van der Waals surface area (Å²) in [5.41, 5.74) is -0.403. The van der Waals surface area contributed by atoms with Crippen LogP contribution in [0.3, 0.4) is 0 Å². The van der Waals surface area contributed by atoms with Crippen molar-refractivity contribution < 1.29 is 137 Å². The number of carbonyl (C=O) groups is 4. The lowest BCUT2D eigenvalue weighted by Gasteiger charge is -2.15. The van der Waals surface area contributed by atoms with Crippen LogP contribution in [0.5, 0.6) is 0 Å². The third-order valence-electron chi connectivity index (χ3n) is 11.8. The van der Waals surface area contributed by atoms with Crippen molar-refractivity contribution in [2.75, 3.05) is 112 Å². The number of aldehydes is 2. The lowest BCUT2D eigenvalue weighted by molar-refractivity contribution is -0.306. The fourth-order valence-corrected chi connectivity index (χ4v) is 7.73. The molecule has 0 aliphatic carbocycles. The summed E-state index contributed by atoms with van der Waals surface area (Å²) in [7, 11) is 0.217. The van der Waals surface area contributed by atoms with Crippen molar-refractivity contribution in [1.82, 2.24) is 0 Å². The summed E-state index contributed by atoms with van der Waals surface area (Å²) in [4.78, 5) is 45.2. The summed E-state index contributed by atoms with van der Waals surface area (Å²) < 4.78 is 93.1. The SMILES string of the molecule is CC(C)(C)OO.CCOC(=O)CC(OCC)OCC.CCOC(=O)C[P+](C)=O.CCOC(C/C=C/CO)OCC.CCOC(CC=O)OCC.CCOC(C[C@@H]1OC1CC)OCC.CCOC(C[C@@H]1OC1CO)OCC.CC[C@@H]1O[C@H](OC)C[C@@H]1O.CC[C@H](O)[C@H](O)CC=O.[H+]. The lowest BCUT2D eigenvalue weighted by atomic mass is 10.1. The zero-order valence-electron chi connectivity index (χ0n) is 62.7. The topological polar surface area (TPSA) is 370 Å². The molecule has 10 atom stereocenters. The van der Waals surface area contributed by atoms with E-state index < -0.39 is 31.9 Å². The molecule has 6 N–H and O–H groups in total. The lowest BCUT2D eigenvalue weighted by Crippen LogP contribution is -2.24. The third-order valence-corrected chi connectivity index (χ3v) is 12.6. The first-order chi connectivity index (χ1) is 45.3. The van der Waals surface area contributed by atoms with Gasteiger partial charge in [0.25, 0.3) is 0 Å². The predicted molar refractivity (Wildman–Crippen MR) is 361 cm³/mol. The first-order valence-corrected chi connectivity index (χ1v) is 35.6. The number of epoxide rings is 2. The van der Waals surface area contributed by atoms with Crippen molar-refractivity contribution in [3.05, 3.63) is 12.2 Å². The molecule has 3 aliphatic rings. The summed E-state index contributed by atoms with van der Waals surface area (Å²) in [5.74, 6) is -0.657. The fraction of sp³-hybridized carbons (Fsp3) is 0.909. The molecule has 0 spiro atoms. The number of aliphatic hydroxyl groups excluding tert-OH is 5. The minimum atomic E-state index is -1.38. The van der Waals surface area contributed by atoms with E-state index in [-0.39, 0.29) is 101 Å². The highest BCUT2D eigenvalue weighted by molar-refractivity contribution is 7.44. The Morgan fingerprint density at radius 2 is 0.905 bits per heavy atom. The van der Waals surface area contributed by atoms with Crippen molar-refractivity contribution in [3.63, 3.8) is 0 Å². The van der Waals surface area contributed by atoms with Gasteiger partial charge in [0.05, 0.1) is 87.6 Å². The average molecular weight is 1410 g/mol. The van der Waals surface area contributed by atoms with E-state index in [1.165, 1.54) is 6.66 Å². The number of hydrogen-bond donors (Lipinski definition) is 6. The van der Waals surface area contributed by atoms with Gasteiger partial charge in [-0.15, -0.1) is 0 Å². The minimum absolute atomic E-state index is 0. The van der Waals surface area contributed by atoms with E-state index in [1.54, 1.807) is 54.7 Å².